The lowest BCUT2D eigenvalue weighted by molar-refractivity contribution is -0.118. The Morgan fingerprint density at radius 1 is 1.26 bits per heavy atom. The van der Waals surface area contributed by atoms with E-state index in [0.29, 0.717) is 17.1 Å². The lowest BCUT2D eigenvalue weighted by Gasteiger charge is -2.18. The van der Waals surface area contributed by atoms with E-state index in [4.69, 9.17) is 4.74 Å². The number of hydrogen-bond donors (Lipinski definition) is 2. The smallest absolute Gasteiger partial charge is 0.262 e. The van der Waals surface area contributed by atoms with Crippen LogP contribution in [0.4, 0.5) is 15.8 Å². The van der Waals surface area contributed by atoms with E-state index < -0.39 is 0 Å². The second kappa shape index (κ2) is 6.70. The zero-order valence-electron chi connectivity index (χ0n) is 12.0. The minimum Gasteiger partial charge on any atom is -0.482 e. The Labute approximate surface area is 136 Å². The number of halogens is 1. The molecule has 5 nitrogen and oxygen atoms in total. The van der Waals surface area contributed by atoms with Gasteiger partial charge in [0.2, 0.25) is 5.91 Å². The third-order valence-electron chi connectivity index (χ3n) is 3.08. The normalized spacial score (nSPS) is 12.8. The van der Waals surface area contributed by atoms with Crippen LogP contribution in [0.15, 0.2) is 47.4 Å². The highest BCUT2D eigenvalue weighted by molar-refractivity contribution is 8.00. The van der Waals surface area contributed by atoms with Crippen LogP contribution in [0.2, 0.25) is 0 Å². The van der Waals surface area contributed by atoms with Crippen molar-refractivity contribution in [1.29, 1.82) is 0 Å². The molecule has 2 N–H and O–H groups in total. The Morgan fingerprint density at radius 3 is 2.83 bits per heavy atom. The molecule has 0 saturated carbocycles. The summed E-state index contributed by atoms with van der Waals surface area (Å²) in [4.78, 5) is 24.1. The second-order valence-electron chi connectivity index (χ2n) is 4.84. The summed E-state index contributed by atoms with van der Waals surface area (Å²) in [6.07, 6.45) is 0. The lowest BCUT2D eigenvalue weighted by atomic mass is 10.2. The third kappa shape index (κ3) is 4.01. The van der Waals surface area contributed by atoms with Crippen LogP contribution in [0.3, 0.4) is 0 Å². The van der Waals surface area contributed by atoms with Crippen LogP contribution in [-0.2, 0) is 9.59 Å². The van der Waals surface area contributed by atoms with E-state index in [0.717, 1.165) is 4.90 Å². The van der Waals surface area contributed by atoms with E-state index in [1.165, 1.54) is 23.9 Å². The van der Waals surface area contributed by atoms with Crippen LogP contribution in [0.5, 0.6) is 5.75 Å². The number of carbonyl (C=O) groups is 2. The summed E-state index contributed by atoms with van der Waals surface area (Å²) in [7, 11) is 0. The maximum absolute atomic E-state index is 12.8. The SMILES string of the molecule is O=C(CSc1ccc(F)cc1)Nc1ccc2c(c1)NC(=O)CO2. The van der Waals surface area contributed by atoms with Crippen molar-refractivity contribution in [1.82, 2.24) is 0 Å². The van der Waals surface area contributed by atoms with Gasteiger partial charge in [0.1, 0.15) is 11.6 Å². The summed E-state index contributed by atoms with van der Waals surface area (Å²) in [6.45, 7) is -0.00693. The minimum atomic E-state index is -0.308. The Bertz CT molecular complexity index is 749. The number of amides is 2. The molecule has 23 heavy (non-hydrogen) atoms. The molecule has 3 rings (SSSR count). The van der Waals surface area contributed by atoms with Gasteiger partial charge < -0.3 is 15.4 Å². The topological polar surface area (TPSA) is 67.4 Å². The highest BCUT2D eigenvalue weighted by Gasteiger charge is 2.16. The zero-order chi connectivity index (χ0) is 16.2. The molecule has 2 aromatic carbocycles. The fraction of sp³-hybridized carbons (Fsp3) is 0.125. The monoisotopic (exact) mass is 332 g/mol. The van der Waals surface area contributed by atoms with Gasteiger partial charge in [-0.1, -0.05) is 0 Å². The maximum atomic E-state index is 12.8. The molecular formula is C16H13FN2O3S. The van der Waals surface area contributed by atoms with Gasteiger partial charge >= 0.3 is 0 Å². The zero-order valence-corrected chi connectivity index (χ0v) is 12.8. The van der Waals surface area contributed by atoms with E-state index in [1.54, 1.807) is 30.3 Å². The average Bonchev–Trinajstić information content (AvgIpc) is 2.54. The van der Waals surface area contributed by atoms with Gasteiger partial charge in [0, 0.05) is 10.6 Å². The van der Waals surface area contributed by atoms with Crippen LogP contribution in [-0.4, -0.2) is 24.2 Å². The molecule has 118 valence electrons. The first-order valence-electron chi connectivity index (χ1n) is 6.85. The van der Waals surface area contributed by atoms with Crippen molar-refractivity contribution in [3.8, 4) is 5.75 Å². The lowest BCUT2D eigenvalue weighted by Crippen LogP contribution is -2.25. The van der Waals surface area contributed by atoms with E-state index in [-0.39, 0.29) is 30.0 Å². The van der Waals surface area contributed by atoms with Gasteiger partial charge in [0.25, 0.3) is 5.91 Å². The Kier molecular flexibility index (Phi) is 4.47. The molecule has 0 radical (unpaired) electrons. The second-order valence-corrected chi connectivity index (χ2v) is 5.89. The van der Waals surface area contributed by atoms with Gasteiger partial charge in [-0.2, -0.15) is 0 Å². The Balaban J connectivity index is 1.58. The summed E-state index contributed by atoms with van der Waals surface area (Å²) in [5, 5.41) is 5.43. The highest BCUT2D eigenvalue weighted by Crippen LogP contribution is 2.30. The number of anilines is 2. The van der Waals surface area contributed by atoms with Crippen molar-refractivity contribution < 1.29 is 18.7 Å². The van der Waals surface area contributed by atoms with Crippen molar-refractivity contribution >= 4 is 35.0 Å². The van der Waals surface area contributed by atoms with E-state index in [9.17, 15) is 14.0 Å². The number of fused-ring (bicyclic) bond motifs is 1. The molecule has 0 aromatic heterocycles. The molecule has 0 unspecified atom stereocenters. The first kappa shape index (κ1) is 15.4. The van der Waals surface area contributed by atoms with Crippen molar-refractivity contribution in [3.63, 3.8) is 0 Å². The summed E-state index contributed by atoms with van der Waals surface area (Å²) >= 11 is 1.31. The van der Waals surface area contributed by atoms with Gasteiger partial charge in [-0.25, -0.2) is 4.39 Å². The molecule has 2 aromatic rings. The van der Waals surface area contributed by atoms with E-state index in [1.807, 2.05) is 0 Å². The molecule has 1 aliphatic rings. The molecule has 0 atom stereocenters. The molecule has 0 spiro atoms. The molecule has 0 fully saturated rings. The molecule has 1 heterocycles. The molecular weight excluding hydrogens is 319 g/mol. The van der Waals surface area contributed by atoms with Crippen LogP contribution in [0.25, 0.3) is 0 Å². The standard InChI is InChI=1S/C16H13FN2O3S/c17-10-1-4-12(5-2-10)23-9-16(21)18-11-3-6-14-13(7-11)19-15(20)8-22-14/h1-7H,8-9H2,(H,18,21)(H,19,20). The number of carbonyl (C=O) groups excluding carboxylic acids is 2. The minimum absolute atomic E-state index is 0.00693. The number of thioether (sulfide) groups is 1. The van der Waals surface area contributed by atoms with Gasteiger partial charge in [0.05, 0.1) is 11.4 Å². The van der Waals surface area contributed by atoms with E-state index in [2.05, 4.69) is 10.6 Å². The van der Waals surface area contributed by atoms with Crippen LogP contribution in [0, 0.1) is 5.82 Å². The summed E-state index contributed by atoms with van der Waals surface area (Å²) in [5.41, 5.74) is 1.10. The number of nitrogens with one attached hydrogen (secondary N) is 2. The van der Waals surface area contributed by atoms with Gasteiger partial charge in [-0.05, 0) is 42.5 Å². The number of ether oxygens (including phenoxy) is 1. The van der Waals surface area contributed by atoms with Crippen LogP contribution in [0.1, 0.15) is 0 Å². The average molecular weight is 332 g/mol. The molecule has 2 amide bonds. The molecule has 0 aliphatic carbocycles. The molecule has 7 heteroatoms. The van der Waals surface area contributed by atoms with Crippen molar-refractivity contribution in [2.24, 2.45) is 0 Å². The third-order valence-corrected chi connectivity index (χ3v) is 4.09. The Morgan fingerprint density at radius 2 is 2.04 bits per heavy atom. The van der Waals surface area contributed by atoms with E-state index >= 15 is 0 Å². The van der Waals surface area contributed by atoms with Gasteiger partial charge in [-0.15, -0.1) is 11.8 Å². The quantitative estimate of drug-likeness (QED) is 0.845. The maximum Gasteiger partial charge on any atom is 0.262 e. The largest absolute Gasteiger partial charge is 0.482 e. The fourth-order valence-corrected chi connectivity index (χ4v) is 2.74. The molecule has 0 saturated heterocycles. The number of rotatable bonds is 4. The van der Waals surface area contributed by atoms with Gasteiger partial charge in [0.15, 0.2) is 6.61 Å². The Hall–Kier alpha value is -2.54. The summed E-state index contributed by atoms with van der Waals surface area (Å²) in [5.74, 6) is 0.0431. The number of benzene rings is 2. The van der Waals surface area contributed by atoms with Crippen LogP contribution >= 0.6 is 11.8 Å². The summed E-state index contributed by atoms with van der Waals surface area (Å²) in [6, 6.07) is 11.0. The number of hydrogen-bond acceptors (Lipinski definition) is 4. The first-order valence-corrected chi connectivity index (χ1v) is 7.83. The van der Waals surface area contributed by atoms with Gasteiger partial charge in [-0.3, -0.25) is 9.59 Å². The van der Waals surface area contributed by atoms with Crippen molar-refractivity contribution in [2.75, 3.05) is 23.0 Å². The first-order chi connectivity index (χ1) is 11.1. The fourth-order valence-electron chi connectivity index (χ4n) is 2.04. The predicted molar refractivity (Wildman–Crippen MR) is 86.3 cm³/mol. The van der Waals surface area contributed by atoms with Crippen molar-refractivity contribution in [2.45, 2.75) is 4.90 Å². The predicted octanol–water partition coefficient (Wildman–Crippen LogP) is 2.89. The molecule has 0 bridgehead atoms. The molecule has 1 aliphatic heterocycles. The highest BCUT2D eigenvalue weighted by atomic mass is 32.2. The van der Waals surface area contributed by atoms with Crippen LogP contribution < -0.4 is 15.4 Å². The summed E-state index contributed by atoms with van der Waals surface area (Å²) < 4.78 is 18.1. The van der Waals surface area contributed by atoms with Crippen molar-refractivity contribution in [3.05, 3.63) is 48.3 Å².